The van der Waals surface area contributed by atoms with Gasteiger partial charge in [-0.3, -0.25) is 9.78 Å². The molecule has 1 heterocycles. The van der Waals surface area contributed by atoms with Crippen molar-refractivity contribution in [3.05, 3.63) is 59.2 Å². The van der Waals surface area contributed by atoms with Crippen LogP contribution in [0.2, 0.25) is 0 Å². The van der Waals surface area contributed by atoms with E-state index >= 15 is 0 Å². The summed E-state index contributed by atoms with van der Waals surface area (Å²) in [6.45, 7) is 2.15. The maximum absolute atomic E-state index is 13.1. The highest BCUT2D eigenvalue weighted by atomic mass is 19.2. The third-order valence-electron chi connectivity index (χ3n) is 2.53. The SMILES string of the molecule is CCOc1cncc(C(=O)c2cc(F)c(F)c(F)c2)c1. The van der Waals surface area contributed by atoms with Gasteiger partial charge in [0.1, 0.15) is 5.75 Å². The lowest BCUT2D eigenvalue weighted by Gasteiger charge is -2.05. The molecule has 0 spiro atoms. The van der Waals surface area contributed by atoms with E-state index in [4.69, 9.17) is 4.74 Å². The second kappa shape index (κ2) is 5.73. The van der Waals surface area contributed by atoms with E-state index in [1.165, 1.54) is 18.5 Å². The van der Waals surface area contributed by atoms with Crippen molar-refractivity contribution in [1.82, 2.24) is 4.98 Å². The number of halogens is 3. The molecule has 6 heteroatoms. The van der Waals surface area contributed by atoms with Crippen LogP contribution in [0.1, 0.15) is 22.8 Å². The van der Waals surface area contributed by atoms with Crippen LogP contribution in [0.15, 0.2) is 30.6 Å². The Hall–Kier alpha value is -2.37. The molecule has 1 aromatic carbocycles. The first-order valence-corrected chi connectivity index (χ1v) is 5.80. The van der Waals surface area contributed by atoms with Crippen LogP contribution in [0.4, 0.5) is 13.2 Å². The maximum Gasteiger partial charge on any atom is 0.194 e. The van der Waals surface area contributed by atoms with Crippen LogP contribution in [0.25, 0.3) is 0 Å². The molecule has 0 saturated carbocycles. The van der Waals surface area contributed by atoms with E-state index < -0.39 is 23.2 Å². The fourth-order valence-electron chi connectivity index (χ4n) is 1.64. The summed E-state index contributed by atoms with van der Waals surface area (Å²) in [4.78, 5) is 15.9. The number of ketones is 1. The highest BCUT2D eigenvalue weighted by Gasteiger charge is 2.17. The minimum atomic E-state index is -1.61. The minimum absolute atomic E-state index is 0.0985. The van der Waals surface area contributed by atoms with Gasteiger partial charge in [-0.15, -0.1) is 0 Å². The Bertz CT molecular complexity index is 636. The lowest BCUT2D eigenvalue weighted by Crippen LogP contribution is -2.05. The summed E-state index contributed by atoms with van der Waals surface area (Å²) in [5.74, 6) is -4.74. The van der Waals surface area contributed by atoms with Gasteiger partial charge >= 0.3 is 0 Å². The second-order valence-corrected chi connectivity index (χ2v) is 3.93. The van der Waals surface area contributed by atoms with E-state index in [1.54, 1.807) is 6.92 Å². The van der Waals surface area contributed by atoms with Gasteiger partial charge in [0.05, 0.1) is 12.8 Å². The Morgan fingerprint density at radius 1 is 1.10 bits per heavy atom. The van der Waals surface area contributed by atoms with Gasteiger partial charge in [-0.2, -0.15) is 0 Å². The maximum atomic E-state index is 13.1. The van der Waals surface area contributed by atoms with Crippen LogP contribution < -0.4 is 4.74 Å². The van der Waals surface area contributed by atoms with E-state index in [2.05, 4.69) is 4.98 Å². The molecule has 2 rings (SSSR count). The first-order chi connectivity index (χ1) is 9.52. The van der Waals surface area contributed by atoms with Gasteiger partial charge in [0.15, 0.2) is 23.2 Å². The zero-order valence-electron chi connectivity index (χ0n) is 10.5. The summed E-state index contributed by atoms with van der Waals surface area (Å²) in [5.41, 5.74) is -0.196. The summed E-state index contributed by atoms with van der Waals surface area (Å²) in [7, 11) is 0. The molecule has 0 bridgehead atoms. The Morgan fingerprint density at radius 3 is 2.35 bits per heavy atom. The average Bonchev–Trinajstić information content (AvgIpc) is 2.44. The molecule has 0 radical (unpaired) electrons. The zero-order valence-corrected chi connectivity index (χ0v) is 10.5. The van der Waals surface area contributed by atoms with Gasteiger partial charge in [0.25, 0.3) is 0 Å². The summed E-state index contributed by atoms with van der Waals surface area (Å²) < 4.78 is 44.2. The number of benzene rings is 1. The van der Waals surface area contributed by atoms with Crippen LogP contribution in [0.3, 0.4) is 0 Å². The van der Waals surface area contributed by atoms with Crippen LogP contribution >= 0.6 is 0 Å². The fraction of sp³-hybridized carbons (Fsp3) is 0.143. The third kappa shape index (κ3) is 2.79. The molecule has 20 heavy (non-hydrogen) atoms. The lowest BCUT2D eigenvalue weighted by atomic mass is 10.0. The molecule has 0 aliphatic heterocycles. The number of rotatable bonds is 4. The van der Waals surface area contributed by atoms with Crippen molar-refractivity contribution in [2.24, 2.45) is 0 Å². The zero-order chi connectivity index (χ0) is 14.7. The van der Waals surface area contributed by atoms with E-state index in [0.717, 1.165) is 0 Å². The Kier molecular flexibility index (Phi) is 4.02. The van der Waals surface area contributed by atoms with Gasteiger partial charge in [-0.25, -0.2) is 13.2 Å². The molecule has 104 valence electrons. The molecular formula is C14H10F3NO2. The average molecular weight is 281 g/mol. The first-order valence-electron chi connectivity index (χ1n) is 5.80. The minimum Gasteiger partial charge on any atom is -0.492 e. The molecule has 2 aromatic rings. The van der Waals surface area contributed by atoms with Crippen molar-refractivity contribution in [3.63, 3.8) is 0 Å². The molecule has 0 aliphatic carbocycles. The van der Waals surface area contributed by atoms with Gasteiger partial charge < -0.3 is 4.74 Å². The van der Waals surface area contributed by atoms with Gasteiger partial charge in [0, 0.05) is 17.3 Å². The van der Waals surface area contributed by atoms with Crippen molar-refractivity contribution >= 4 is 5.78 Å². The summed E-state index contributed by atoms with van der Waals surface area (Å²) >= 11 is 0. The lowest BCUT2D eigenvalue weighted by molar-refractivity contribution is 0.103. The van der Waals surface area contributed by atoms with Crippen LogP contribution in [-0.4, -0.2) is 17.4 Å². The normalized spacial score (nSPS) is 10.4. The predicted molar refractivity (Wildman–Crippen MR) is 65.2 cm³/mol. The Labute approximate surface area is 113 Å². The molecule has 0 N–H and O–H groups in total. The molecule has 0 atom stereocenters. The van der Waals surface area contributed by atoms with E-state index in [0.29, 0.717) is 24.5 Å². The van der Waals surface area contributed by atoms with Crippen molar-refractivity contribution in [2.75, 3.05) is 6.61 Å². The molecule has 0 aliphatic rings. The van der Waals surface area contributed by atoms with Crippen molar-refractivity contribution in [3.8, 4) is 5.75 Å². The Balaban J connectivity index is 2.38. The molecule has 0 saturated heterocycles. The summed E-state index contributed by atoms with van der Waals surface area (Å²) in [6.07, 6.45) is 2.65. The number of carbonyl (C=O) groups is 1. The number of aromatic nitrogens is 1. The fourth-order valence-corrected chi connectivity index (χ4v) is 1.64. The summed E-state index contributed by atoms with van der Waals surface area (Å²) in [6, 6.07) is 2.69. The van der Waals surface area contributed by atoms with E-state index in [1.807, 2.05) is 0 Å². The quantitative estimate of drug-likeness (QED) is 0.638. The number of pyridine rings is 1. The highest BCUT2D eigenvalue weighted by Crippen LogP contribution is 2.18. The van der Waals surface area contributed by atoms with E-state index in [9.17, 15) is 18.0 Å². The molecule has 0 fully saturated rings. The van der Waals surface area contributed by atoms with Crippen molar-refractivity contribution in [2.45, 2.75) is 6.92 Å². The Morgan fingerprint density at radius 2 is 1.75 bits per heavy atom. The van der Waals surface area contributed by atoms with Crippen LogP contribution in [-0.2, 0) is 0 Å². The largest absolute Gasteiger partial charge is 0.492 e. The van der Waals surface area contributed by atoms with Gasteiger partial charge in [-0.05, 0) is 25.1 Å². The van der Waals surface area contributed by atoms with Gasteiger partial charge in [-0.1, -0.05) is 0 Å². The van der Waals surface area contributed by atoms with Crippen molar-refractivity contribution in [1.29, 1.82) is 0 Å². The number of hydrogen-bond acceptors (Lipinski definition) is 3. The van der Waals surface area contributed by atoms with Crippen LogP contribution in [0.5, 0.6) is 5.75 Å². The summed E-state index contributed by atoms with van der Waals surface area (Å²) in [5, 5.41) is 0. The molecule has 1 aromatic heterocycles. The van der Waals surface area contributed by atoms with Crippen molar-refractivity contribution < 1.29 is 22.7 Å². The van der Waals surface area contributed by atoms with Gasteiger partial charge in [0.2, 0.25) is 0 Å². The molecule has 0 amide bonds. The standard InChI is InChI=1S/C14H10F3NO2/c1-2-20-10-3-9(6-18-7-10)14(19)8-4-11(15)13(17)12(16)5-8/h3-7H,2H2,1H3. The molecule has 3 nitrogen and oxygen atoms in total. The number of ether oxygens (including phenoxy) is 1. The topological polar surface area (TPSA) is 39.2 Å². The van der Waals surface area contributed by atoms with E-state index in [-0.39, 0.29) is 11.1 Å². The number of nitrogens with zero attached hydrogens (tertiary/aromatic N) is 1. The second-order valence-electron chi connectivity index (χ2n) is 3.93. The first kappa shape index (κ1) is 14.0. The molecule has 0 unspecified atom stereocenters. The number of carbonyl (C=O) groups excluding carboxylic acids is 1. The third-order valence-corrected chi connectivity index (χ3v) is 2.53. The van der Waals surface area contributed by atoms with Crippen LogP contribution in [0, 0.1) is 17.5 Å². The molecular weight excluding hydrogens is 271 g/mol. The number of hydrogen-bond donors (Lipinski definition) is 0. The monoisotopic (exact) mass is 281 g/mol. The smallest absolute Gasteiger partial charge is 0.194 e. The highest BCUT2D eigenvalue weighted by molar-refractivity contribution is 6.09. The predicted octanol–water partition coefficient (Wildman–Crippen LogP) is 3.13.